The summed E-state index contributed by atoms with van der Waals surface area (Å²) in [5.74, 6) is 6.03. The van der Waals surface area contributed by atoms with Gasteiger partial charge in [-0.25, -0.2) is 0 Å². The van der Waals surface area contributed by atoms with Crippen molar-refractivity contribution in [1.82, 2.24) is 4.90 Å². The maximum atomic E-state index is 11.7. The van der Waals surface area contributed by atoms with Gasteiger partial charge in [-0.1, -0.05) is 0 Å². The zero-order valence-electron chi connectivity index (χ0n) is 9.58. The fraction of sp³-hybridized carbons (Fsp3) is 0.750. The van der Waals surface area contributed by atoms with E-state index in [1.165, 1.54) is 0 Å². The average molecular weight is 209 g/mol. The second-order valence-electron chi connectivity index (χ2n) is 3.57. The molecule has 1 unspecified atom stereocenters. The van der Waals surface area contributed by atoms with Crippen LogP contribution in [0.1, 0.15) is 39.5 Å². The molecule has 1 atom stereocenters. The molecule has 1 saturated heterocycles. The highest BCUT2D eigenvalue weighted by Gasteiger charge is 2.27. The lowest BCUT2D eigenvalue weighted by molar-refractivity contribution is -0.152. The molecule has 15 heavy (non-hydrogen) atoms. The summed E-state index contributed by atoms with van der Waals surface area (Å²) >= 11 is 0. The third kappa shape index (κ3) is 3.56. The average Bonchev–Trinajstić information content (AvgIpc) is 2.23. The summed E-state index contributed by atoms with van der Waals surface area (Å²) in [5.41, 5.74) is 0. The lowest BCUT2D eigenvalue weighted by Gasteiger charge is -2.34. The van der Waals surface area contributed by atoms with Crippen molar-refractivity contribution in [3.05, 3.63) is 0 Å². The molecule has 0 radical (unpaired) electrons. The Labute approximate surface area is 91.8 Å². The Balaban J connectivity index is 2.50. The number of rotatable bonds is 4. The van der Waals surface area contributed by atoms with E-state index in [0.29, 0.717) is 19.6 Å². The van der Waals surface area contributed by atoms with Gasteiger partial charge in [-0.05, 0) is 26.7 Å². The van der Waals surface area contributed by atoms with Crippen molar-refractivity contribution < 1.29 is 9.53 Å². The van der Waals surface area contributed by atoms with E-state index in [0.717, 1.165) is 19.3 Å². The van der Waals surface area contributed by atoms with Crippen LogP contribution in [0.25, 0.3) is 0 Å². The molecular formula is C12H19NO2. The molecule has 1 aliphatic rings. The quantitative estimate of drug-likeness (QED) is 0.660. The number of nitrogens with zero attached hydrogens (tertiary/aromatic N) is 1. The Morgan fingerprint density at radius 2 is 2.40 bits per heavy atom. The fourth-order valence-corrected chi connectivity index (χ4v) is 1.82. The van der Waals surface area contributed by atoms with Crippen molar-refractivity contribution in [2.75, 3.05) is 13.2 Å². The largest absolute Gasteiger partial charge is 0.359 e. The summed E-state index contributed by atoms with van der Waals surface area (Å²) < 4.78 is 5.55. The Hall–Kier alpha value is -1.01. The molecule has 0 N–H and O–H groups in total. The molecule has 3 heteroatoms. The van der Waals surface area contributed by atoms with Crippen molar-refractivity contribution in [3.8, 4) is 11.8 Å². The lowest BCUT2D eigenvalue weighted by atomic mass is 10.1. The molecule has 0 aliphatic carbocycles. The number of likely N-dealkylation sites (tertiary alicyclic amines) is 1. The number of piperidine rings is 1. The molecule has 0 aromatic rings. The van der Waals surface area contributed by atoms with Gasteiger partial charge in [0.15, 0.2) is 0 Å². The molecule has 0 aromatic heterocycles. The molecule has 0 spiro atoms. The van der Waals surface area contributed by atoms with Crippen LogP contribution in [0.3, 0.4) is 0 Å². The van der Waals surface area contributed by atoms with Crippen molar-refractivity contribution in [1.29, 1.82) is 0 Å². The van der Waals surface area contributed by atoms with Crippen LogP contribution in [0.2, 0.25) is 0 Å². The Morgan fingerprint density at radius 3 is 3.07 bits per heavy atom. The van der Waals surface area contributed by atoms with Gasteiger partial charge in [-0.15, -0.1) is 11.8 Å². The molecule has 1 heterocycles. The highest BCUT2D eigenvalue weighted by molar-refractivity contribution is 5.77. The van der Waals surface area contributed by atoms with Gasteiger partial charge >= 0.3 is 0 Å². The number of carbonyl (C=O) groups excluding carboxylic acids is 1. The van der Waals surface area contributed by atoms with Crippen LogP contribution in [0.4, 0.5) is 0 Å². The van der Waals surface area contributed by atoms with Gasteiger partial charge in [0.25, 0.3) is 0 Å². The van der Waals surface area contributed by atoms with Crippen LogP contribution in [0, 0.1) is 11.8 Å². The standard InChI is InChI=1S/C12H19NO2/c1-3-5-6-10-13-11(14)8-7-9-12(13)15-4-2/h12H,4,6-10H2,1-2H3. The minimum atomic E-state index is -0.0186. The predicted molar refractivity (Wildman–Crippen MR) is 59.0 cm³/mol. The molecule has 1 amide bonds. The van der Waals surface area contributed by atoms with E-state index >= 15 is 0 Å². The number of carbonyl (C=O) groups is 1. The number of amides is 1. The minimum Gasteiger partial charge on any atom is -0.359 e. The van der Waals surface area contributed by atoms with E-state index < -0.39 is 0 Å². The SMILES string of the molecule is CC#CCCN1C(=O)CCCC1OCC. The van der Waals surface area contributed by atoms with Gasteiger partial charge < -0.3 is 9.64 Å². The summed E-state index contributed by atoms with van der Waals surface area (Å²) in [6.45, 7) is 5.14. The maximum Gasteiger partial charge on any atom is 0.224 e. The third-order valence-electron chi connectivity index (χ3n) is 2.52. The van der Waals surface area contributed by atoms with Crippen LogP contribution >= 0.6 is 0 Å². The summed E-state index contributed by atoms with van der Waals surface area (Å²) in [6, 6.07) is 0. The van der Waals surface area contributed by atoms with Crippen LogP contribution in [0.5, 0.6) is 0 Å². The fourth-order valence-electron chi connectivity index (χ4n) is 1.82. The second-order valence-corrected chi connectivity index (χ2v) is 3.57. The van der Waals surface area contributed by atoms with Crippen LogP contribution in [-0.2, 0) is 9.53 Å². The van der Waals surface area contributed by atoms with Crippen molar-refractivity contribution >= 4 is 5.91 Å². The highest BCUT2D eigenvalue weighted by atomic mass is 16.5. The predicted octanol–water partition coefficient (Wildman–Crippen LogP) is 1.77. The van der Waals surface area contributed by atoms with Crippen LogP contribution < -0.4 is 0 Å². The van der Waals surface area contributed by atoms with Gasteiger partial charge in [0.05, 0.1) is 0 Å². The monoisotopic (exact) mass is 209 g/mol. The number of hydrogen-bond donors (Lipinski definition) is 0. The first kappa shape index (κ1) is 12.1. The van der Waals surface area contributed by atoms with Gasteiger partial charge in [0.1, 0.15) is 6.23 Å². The summed E-state index contributed by atoms with van der Waals surface area (Å²) in [5, 5.41) is 0. The Morgan fingerprint density at radius 1 is 1.60 bits per heavy atom. The molecular weight excluding hydrogens is 190 g/mol. The van der Waals surface area contributed by atoms with E-state index in [1.807, 2.05) is 18.7 Å². The first-order valence-corrected chi connectivity index (χ1v) is 5.60. The normalized spacial score (nSPS) is 21.1. The smallest absolute Gasteiger partial charge is 0.224 e. The molecule has 0 bridgehead atoms. The third-order valence-corrected chi connectivity index (χ3v) is 2.52. The summed E-state index contributed by atoms with van der Waals surface area (Å²) in [6.07, 6.45) is 3.28. The summed E-state index contributed by atoms with van der Waals surface area (Å²) in [7, 11) is 0. The first-order chi connectivity index (χ1) is 7.29. The highest BCUT2D eigenvalue weighted by Crippen LogP contribution is 2.19. The topological polar surface area (TPSA) is 29.5 Å². The molecule has 84 valence electrons. The molecule has 1 rings (SSSR count). The second kappa shape index (κ2) is 6.47. The lowest BCUT2D eigenvalue weighted by Crippen LogP contribution is -2.45. The van der Waals surface area contributed by atoms with E-state index in [-0.39, 0.29) is 12.1 Å². The van der Waals surface area contributed by atoms with Crippen molar-refractivity contribution in [3.63, 3.8) is 0 Å². The van der Waals surface area contributed by atoms with Crippen LogP contribution in [0.15, 0.2) is 0 Å². The minimum absolute atomic E-state index is 0.0186. The molecule has 0 saturated carbocycles. The van der Waals surface area contributed by atoms with Crippen molar-refractivity contribution in [2.24, 2.45) is 0 Å². The molecule has 0 aromatic carbocycles. The maximum absolute atomic E-state index is 11.7. The zero-order valence-corrected chi connectivity index (χ0v) is 9.58. The van der Waals surface area contributed by atoms with E-state index in [2.05, 4.69) is 11.8 Å². The molecule has 3 nitrogen and oxygen atoms in total. The number of ether oxygens (including phenoxy) is 1. The zero-order chi connectivity index (χ0) is 11.1. The van der Waals surface area contributed by atoms with Gasteiger partial charge in [-0.3, -0.25) is 4.79 Å². The Kier molecular flexibility index (Phi) is 5.20. The van der Waals surface area contributed by atoms with E-state index in [4.69, 9.17) is 4.74 Å². The van der Waals surface area contributed by atoms with Crippen LogP contribution in [-0.4, -0.2) is 30.2 Å². The Bertz CT molecular complexity index is 263. The van der Waals surface area contributed by atoms with Crippen molar-refractivity contribution in [2.45, 2.75) is 45.8 Å². The molecule has 1 fully saturated rings. The molecule has 1 aliphatic heterocycles. The van der Waals surface area contributed by atoms with Gasteiger partial charge in [0, 0.05) is 26.0 Å². The van der Waals surface area contributed by atoms with E-state index in [9.17, 15) is 4.79 Å². The van der Waals surface area contributed by atoms with Gasteiger partial charge in [0.2, 0.25) is 5.91 Å². The summed E-state index contributed by atoms with van der Waals surface area (Å²) in [4.78, 5) is 13.5. The van der Waals surface area contributed by atoms with Gasteiger partial charge in [-0.2, -0.15) is 0 Å². The number of hydrogen-bond acceptors (Lipinski definition) is 2. The van der Waals surface area contributed by atoms with E-state index in [1.54, 1.807) is 0 Å². The first-order valence-electron chi connectivity index (χ1n) is 5.60.